The Hall–Kier alpha value is -1.77. The molecule has 3 nitrogen and oxygen atoms in total. The van der Waals surface area contributed by atoms with E-state index in [1.54, 1.807) is 0 Å². The highest BCUT2D eigenvalue weighted by molar-refractivity contribution is 5.45. The summed E-state index contributed by atoms with van der Waals surface area (Å²) in [6.45, 7) is 2.20. The predicted octanol–water partition coefficient (Wildman–Crippen LogP) is 3.13. The van der Waals surface area contributed by atoms with Gasteiger partial charge in [0.1, 0.15) is 0 Å². The summed E-state index contributed by atoms with van der Waals surface area (Å²) < 4.78 is 2.05. The highest BCUT2D eigenvalue weighted by Gasteiger charge is 2.03. The number of aromatic nitrogens is 2. The first kappa shape index (κ1) is 11.7. The van der Waals surface area contributed by atoms with Gasteiger partial charge in [-0.05, 0) is 37.1 Å². The molecule has 0 saturated carbocycles. The van der Waals surface area contributed by atoms with Crippen molar-refractivity contribution in [1.82, 2.24) is 9.66 Å². The quantitative estimate of drug-likeness (QED) is 0.785. The molecule has 0 fully saturated rings. The number of hydrogen-bond donors (Lipinski definition) is 0. The first-order chi connectivity index (χ1) is 8.31. The minimum atomic E-state index is 1.06. The van der Waals surface area contributed by atoms with E-state index in [0.717, 1.165) is 6.42 Å². The molecule has 2 rings (SSSR count). The van der Waals surface area contributed by atoms with Gasteiger partial charge in [-0.3, -0.25) is 14.7 Å². The molecule has 2 aromatic heterocycles. The topological polar surface area (TPSA) is 21.1 Å². The number of unbranched alkanes of at least 4 members (excludes halogenated alkanes) is 1. The fraction of sp³-hybridized carbons (Fsp3) is 0.357. The number of hydrogen-bond acceptors (Lipinski definition) is 2. The van der Waals surface area contributed by atoms with Gasteiger partial charge in [-0.2, -0.15) is 0 Å². The zero-order valence-corrected chi connectivity index (χ0v) is 10.5. The molecule has 0 aliphatic rings. The molecule has 2 aromatic rings. The van der Waals surface area contributed by atoms with Gasteiger partial charge in [-0.25, -0.2) is 0 Å². The molecule has 0 saturated heterocycles. The maximum Gasteiger partial charge on any atom is 0.0607 e. The van der Waals surface area contributed by atoms with E-state index >= 15 is 0 Å². The van der Waals surface area contributed by atoms with Crippen LogP contribution in [-0.2, 0) is 6.42 Å². The van der Waals surface area contributed by atoms with Gasteiger partial charge in [-0.15, -0.1) is 0 Å². The molecule has 0 unspecified atom stereocenters. The van der Waals surface area contributed by atoms with E-state index in [9.17, 15) is 0 Å². The molecular weight excluding hydrogens is 210 g/mol. The lowest BCUT2D eigenvalue weighted by Gasteiger charge is -2.21. The van der Waals surface area contributed by atoms with Crippen LogP contribution in [0.2, 0.25) is 0 Å². The van der Waals surface area contributed by atoms with Crippen LogP contribution in [0.3, 0.4) is 0 Å². The molecule has 0 spiro atoms. The molecule has 0 bridgehead atoms. The average Bonchev–Trinajstić information content (AvgIpc) is 2.89. The summed E-state index contributed by atoms with van der Waals surface area (Å²) in [5.74, 6) is 0. The van der Waals surface area contributed by atoms with E-state index < -0.39 is 0 Å². The van der Waals surface area contributed by atoms with Gasteiger partial charge in [-0.1, -0.05) is 13.3 Å². The Bertz CT molecular complexity index is 448. The highest BCUT2D eigenvalue weighted by atomic mass is 15.5. The van der Waals surface area contributed by atoms with Gasteiger partial charge in [0, 0.05) is 31.3 Å². The van der Waals surface area contributed by atoms with Crippen molar-refractivity contribution in [1.29, 1.82) is 0 Å². The normalized spacial score (nSPS) is 10.5. The van der Waals surface area contributed by atoms with Crippen LogP contribution in [0.15, 0.2) is 42.9 Å². The third kappa shape index (κ3) is 2.87. The summed E-state index contributed by atoms with van der Waals surface area (Å²) in [7, 11) is 2.05. The van der Waals surface area contributed by atoms with Gasteiger partial charge in [0.15, 0.2) is 0 Å². The zero-order valence-electron chi connectivity index (χ0n) is 10.5. The SMILES string of the molecule is CCCCc1cc(N(C)n2cccc2)ccn1. The van der Waals surface area contributed by atoms with Gasteiger partial charge >= 0.3 is 0 Å². The zero-order chi connectivity index (χ0) is 12.1. The van der Waals surface area contributed by atoms with Gasteiger partial charge in [0.05, 0.1) is 5.69 Å². The smallest absolute Gasteiger partial charge is 0.0607 e. The van der Waals surface area contributed by atoms with Crippen molar-refractivity contribution >= 4 is 5.69 Å². The molecule has 3 heteroatoms. The van der Waals surface area contributed by atoms with E-state index in [1.165, 1.54) is 24.2 Å². The minimum Gasteiger partial charge on any atom is -0.285 e. The van der Waals surface area contributed by atoms with Crippen LogP contribution in [0, 0.1) is 0 Å². The minimum absolute atomic E-state index is 1.06. The second kappa shape index (κ2) is 5.53. The molecule has 0 N–H and O–H groups in total. The molecule has 90 valence electrons. The largest absolute Gasteiger partial charge is 0.285 e. The highest BCUT2D eigenvalue weighted by Crippen LogP contribution is 2.15. The summed E-state index contributed by atoms with van der Waals surface area (Å²) in [4.78, 5) is 4.40. The van der Waals surface area contributed by atoms with Crippen LogP contribution in [0.5, 0.6) is 0 Å². The monoisotopic (exact) mass is 229 g/mol. The Kier molecular flexibility index (Phi) is 3.81. The van der Waals surface area contributed by atoms with Crippen molar-refractivity contribution in [2.24, 2.45) is 0 Å². The number of pyridine rings is 1. The van der Waals surface area contributed by atoms with Crippen molar-refractivity contribution in [3.8, 4) is 0 Å². The Labute approximate surface area is 103 Å². The molecule has 0 atom stereocenters. The number of aryl methyl sites for hydroxylation is 1. The van der Waals surface area contributed by atoms with E-state index in [0.29, 0.717) is 0 Å². The Morgan fingerprint density at radius 3 is 2.76 bits per heavy atom. The van der Waals surface area contributed by atoms with Crippen molar-refractivity contribution < 1.29 is 0 Å². The lowest BCUT2D eigenvalue weighted by atomic mass is 10.2. The van der Waals surface area contributed by atoms with Crippen LogP contribution < -0.4 is 5.01 Å². The summed E-state index contributed by atoms with van der Waals surface area (Å²) in [6, 6.07) is 8.25. The lowest BCUT2D eigenvalue weighted by molar-refractivity contribution is 0.761. The molecule has 2 heterocycles. The van der Waals surface area contributed by atoms with Gasteiger partial charge < -0.3 is 0 Å². The van der Waals surface area contributed by atoms with E-state index in [1.807, 2.05) is 36.8 Å². The molecule has 0 aliphatic heterocycles. The first-order valence-electron chi connectivity index (χ1n) is 6.13. The third-order valence-electron chi connectivity index (χ3n) is 2.90. The molecule has 0 aromatic carbocycles. The van der Waals surface area contributed by atoms with Crippen molar-refractivity contribution in [2.45, 2.75) is 26.2 Å². The van der Waals surface area contributed by atoms with Crippen LogP contribution in [0.25, 0.3) is 0 Å². The first-order valence-corrected chi connectivity index (χ1v) is 6.13. The second-order valence-corrected chi connectivity index (χ2v) is 4.20. The predicted molar refractivity (Wildman–Crippen MR) is 71.1 cm³/mol. The Balaban J connectivity index is 2.15. The summed E-state index contributed by atoms with van der Waals surface area (Å²) in [5.41, 5.74) is 2.34. The average molecular weight is 229 g/mol. The molecule has 0 amide bonds. The molecule has 0 aliphatic carbocycles. The van der Waals surface area contributed by atoms with Gasteiger partial charge in [0.2, 0.25) is 0 Å². The number of nitrogens with zero attached hydrogens (tertiary/aromatic N) is 3. The van der Waals surface area contributed by atoms with Crippen LogP contribution >= 0.6 is 0 Å². The Morgan fingerprint density at radius 1 is 1.29 bits per heavy atom. The molecular formula is C14H19N3. The maximum absolute atomic E-state index is 4.40. The third-order valence-corrected chi connectivity index (χ3v) is 2.90. The fourth-order valence-electron chi connectivity index (χ4n) is 1.82. The lowest BCUT2D eigenvalue weighted by Crippen LogP contribution is -2.22. The summed E-state index contributed by atoms with van der Waals surface area (Å²) in [6.07, 6.45) is 9.42. The fourth-order valence-corrected chi connectivity index (χ4v) is 1.82. The van der Waals surface area contributed by atoms with Crippen molar-refractivity contribution in [3.63, 3.8) is 0 Å². The van der Waals surface area contributed by atoms with E-state index in [-0.39, 0.29) is 0 Å². The molecule has 0 radical (unpaired) electrons. The van der Waals surface area contributed by atoms with Crippen molar-refractivity contribution in [2.75, 3.05) is 12.1 Å². The van der Waals surface area contributed by atoms with Gasteiger partial charge in [0.25, 0.3) is 0 Å². The number of anilines is 1. The summed E-state index contributed by atoms with van der Waals surface area (Å²) in [5, 5.41) is 2.11. The molecule has 17 heavy (non-hydrogen) atoms. The standard InChI is InChI=1S/C14H19N3/c1-3-4-7-13-12-14(8-9-15-13)16(2)17-10-5-6-11-17/h5-6,8-12H,3-4,7H2,1-2H3. The van der Waals surface area contributed by atoms with E-state index in [4.69, 9.17) is 0 Å². The Morgan fingerprint density at radius 2 is 2.06 bits per heavy atom. The maximum atomic E-state index is 4.40. The van der Waals surface area contributed by atoms with Crippen LogP contribution in [0.1, 0.15) is 25.5 Å². The second-order valence-electron chi connectivity index (χ2n) is 4.20. The summed E-state index contributed by atoms with van der Waals surface area (Å²) >= 11 is 0. The van der Waals surface area contributed by atoms with Crippen LogP contribution in [0.4, 0.5) is 5.69 Å². The number of rotatable bonds is 5. The van der Waals surface area contributed by atoms with Crippen LogP contribution in [-0.4, -0.2) is 16.7 Å². The van der Waals surface area contributed by atoms with Crippen molar-refractivity contribution in [3.05, 3.63) is 48.5 Å². The van der Waals surface area contributed by atoms with E-state index in [2.05, 4.69) is 34.7 Å².